The quantitative estimate of drug-likeness (QED) is 0.777. The van der Waals surface area contributed by atoms with E-state index in [0.29, 0.717) is 19.1 Å². The van der Waals surface area contributed by atoms with Gasteiger partial charge >= 0.3 is 0 Å². The maximum atomic E-state index is 9.25. The first-order valence-electron chi connectivity index (χ1n) is 6.96. The molecule has 1 aliphatic rings. The zero-order valence-electron chi connectivity index (χ0n) is 11.6. The van der Waals surface area contributed by atoms with E-state index in [2.05, 4.69) is 11.9 Å². The van der Waals surface area contributed by atoms with Crippen LogP contribution in [0.25, 0.3) is 0 Å². The Labute approximate surface area is 115 Å². The number of rotatable bonds is 7. The zero-order valence-corrected chi connectivity index (χ0v) is 11.6. The number of benzene rings is 1. The fraction of sp³-hybridized carbons (Fsp3) is 0.600. The van der Waals surface area contributed by atoms with Crippen molar-refractivity contribution in [3.8, 4) is 5.75 Å². The lowest BCUT2D eigenvalue weighted by Gasteiger charge is -2.34. The van der Waals surface area contributed by atoms with E-state index in [1.807, 2.05) is 24.3 Å². The molecule has 3 N–H and O–H groups in total. The van der Waals surface area contributed by atoms with Crippen molar-refractivity contribution in [3.63, 3.8) is 0 Å². The van der Waals surface area contributed by atoms with Crippen molar-refractivity contribution >= 4 is 0 Å². The van der Waals surface area contributed by atoms with Gasteiger partial charge in [-0.2, -0.15) is 0 Å². The number of likely N-dealkylation sites (N-methyl/N-ethyl adjacent to an activating group) is 1. The fourth-order valence-corrected chi connectivity index (χ4v) is 2.42. The number of nitrogens with two attached hydrogens (primary N) is 1. The second-order valence-electron chi connectivity index (χ2n) is 5.45. The number of hydrogen-bond acceptors (Lipinski definition) is 4. The van der Waals surface area contributed by atoms with Gasteiger partial charge in [-0.3, -0.25) is 0 Å². The van der Waals surface area contributed by atoms with Gasteiger partial charge in [0.2, 0.25) is 0 Å². The van der Waals surface area contributed by atoms with E-state index >= 15 is 0 Å². The number of aliphatic hydroxyl groups excluding tert-OH is 1. The summed E-state index contributed by atoms with van der Waals surface area (Å²) in [4.78, 5) is 2.27. The Morgan fingerprint density at radius 3 is 2.58 bits per heavy atom. The lowest BCUT2D eigenvalue weighted by atomic mass is 9.82. The summed E-state index contributed by atoms with van der Waals surface area (Å²) in [6, 6.07) is 7.92. The average molecular weight is 264 g/mol. The molecule has 1 fully saturated rings. The summed E-state index contributed by atoms with van der Waals surface area (Å²) in [7, 11) is 2.10. The third-order valence-electron chi connectivity index (χ3n) is 3.68. The number of hydrogen-bond donors (Lipinski definition) is 2. The van der Waals surface area contributed by atoms with Crippen LogP contribution < -0.4 is 10.5 Å². The molecule has 0 aromatic heterocycles. The first kappa shape index (κ1) is 14.3. The molecule has 1 saturated carbocycles. The molecule has 0 bridgehead atoms. The van der Waals surface area contributed by atoms with Crippen LogP contribution in [-0.4, -0.2) is 42.9 Å². The van der Waals surface area contributed by atoms with Gasteiger partial charge in [0.05, 0.1) is 6.10 Å². The number of aliphatic hydroxyl groups is 1. The molecular formula is C15H24N2O2. The lowest BCUT2D eigenvalue weighted by Crippen LogP contribution is -2.38. The average Bonchev–Trinajstić information content (AvgIpc) is 2.38. The molecular weight excluding hydrogens is 240 g/mol. The van der Waals surface area contributed by atoms with Crippen molar-refractivity contribution in [2.24, 2.45) is 11.7 Å². The lowest BCUT2D eigenvalue weighted by molar-refractivity contribution is 0.0269. The summed E-state index contributed by atoms with van der Waals surface area (Å²) >= 11 is 0. The van der Waals surface area contributed by atoms with Crippen molar-refractivity contribution in [2.45, 2.75) is 25.5 Å². The van der Waals surface area contributed by atoms with E-state index in [0.717, 1.165) is 37.2 Å². The summed E-state index contributed by atoms with van der Waals surface area (Å²) in [6.07, 6.45) is 1.84. The Morgan fingerprint density at radius 2 is 2.00 bits per heavy atom. The molecule has 106 valence electrons. The normalized spacial score (nSPS) is 22.3. The summed E-state index contributed by atoms with van der Waals surface area (Å²) in [5, 5.41) is 9.25. The molecule has 19 heavy (non-hydrogen) atoms. The van der Waals surface area contributed by atoms with E-state index in [-0.39, 0.29) is 6.10 Å². The maximum absolute atomic E-state index is 9.25. The summed E-state index contributed by atoms with van der Waals surface area (Å²) in [5.74, 6) is 1.55. The minimum absolute atomic E-state index is 0.0595. The van der Waals surface area contributed by atoms with Crippen molar-refractivity contribution in [1.82, 2.24) is 4.90 Å². The van der Waals surface area contributed by atoms with Crippen molar-refractivity contribution < 1.29 is 9.84 Å². The summed E-state index contributed by atoms with van der Waals surface area (Å²) in [5.41, 5.74) is 6.67. The van der Waals surface area contributed by atoms with Crippen LogP contribution in [0.4, 0.5) is 0 Å². The van der Waals surface area contributed by atoms with E-state index in [1.54, 1.807) is 0 Å². The Balaban J connectivity index is 1.62. The topological polar surface area (TPSA) is 58.7 Å². The highest BCUT2D eigenvalue weighted by Gasteiger charge is 2.27. The molecule has 0 saturated heterocycles. The Morgan fingerprint density at radius 1 is 1.32 bits per heavy atom. The van der Waals surface area contributed by atoms with Crippen LogP contribution in [0.15, 0.2) is 24.3 Å². The maximum Gasteiger partial charge on any atom is 0.119 e. The second kappa shape index (κ2) is 6.89. The van der Waals surface area contributed by atoms with Crippen LogP contribution in [0.2, 0.25) is 0 Å². The van der Waals surface area contributed by atoms with E-state index in [1.165, 1.54) is 0 Å². The summed E-state index contributed by atoms with van der Waals surface area (Å²) < 4.78 is 5.70. The highest BCUT2D eigenvalue weighted by molar-refractivity contribution is 5.27. The van der Waals surface area contributed by atoms with Gasteiger partial charge in [0.25, 0.3) is 0 Å². The van der Waals surface area contributed by atoms with Gasteiger partial charge < -0.3 is 20.5 Å². The van der Waals surface area contributed by atoms with Gasteiger partial charge in [-0.15, -0.1) is 0 Å². The molecule has 2 rings (SSSR count). The van der Waals surface area contributed by atoms with Gasteiger partial charge in [0.15, 0.2) is 0 Å². The van der Waals surface area contributed by atoms with Crippen LogP contribution >= 0.6 is 0 Å². The largest absolute Gasteiger partial charge is 0.492 e. The minimum atomic E-state index is -0.0595. The van der Waals surface area contributed by atoms with Gasteiger partial charge in [-0.25, -0.2) is 0 Å². The van der Waals surface area contributed by atoms with E-state index in [9.17, 15) is 5.11 Å². The molecule has 1 aliphatic carbocycles. The highest BCUT2D eigenvalue weighted by Crippen LogP contribution is 2.27. The molecule has 0 radical (unpaired) electrons. The number of nitrogens with zero attached hydrogens (tertiary/aromatic N) is 1. The molecule has 1 aromatic rings. The predicted molar refractivity (Wildman–Crippen MR) is 76.1 cm³/mol. The SMILES string of the molecule is CN(CCOc1ccc(CN)cc1)CC1CC(O)C1. The van der Waals surface area contributed by atoms with Crippen LogP contribution in [0.1, 0.15) is 18.4 Å². The predicted octanol–water partition coefficient (Wildman–Crippen LogP) is 1.23. The molecule has 4 heteroatoms. The molecule has 1 aromatic carbocycles. The van der Waals surface area contributed by atoms with Gasteiger partial charge in [-0.05, 0) is 43.5 Å². The molecule has 0 spiro atoms. The van der Waals surface area contributed by atoms with Gasteiger partial charge in [0.1, 0.15) is 12.4 Å². The molecule has 0 aliphatic heterocycles. The van der Waals surface area contributed by atoms with Crippen LogP contribution in [0, 0.1) is 5.92 Å². The molecule has 0 unspecified atom stereocenters. The first-order valence-corrected chi connectivity index (χ1v) is 6.96. The molecule has 0 amide bonds. The molecule has 4 nitrogen and oxygen atoms in total. The van der Waals surface area contributed by atoms with Crippen LogP contribution in [-0.2, 0) is 6.54 Å². The molecule has 0 heterocycles. The van der Waals surface area contributed by atoms with Crippen molar-refractivity contribution in [1.29, 1.82) is 0 Å². The Kier molecular flexibility index (Phi) is 5.19. The fourth-order valence-electron chi connectivity index (χ4n) is 2.42. The van der Waals surface area contributed by atoms with Gasteiger partial charge in [-0.1, -0.05) is 12.1 Å². The third-order valence-corrected chi connectivity index (χ3v) is 3.68. The van der Waals surface area contributed by atoms with E-state index in [4.69, 9.17) is 10.5 Å². The molecule has 0 atom stereocenters. The van der Waals surface area contributed by atoms with Crippen LogP contribution in [0.5, 0.6) is 5.75 Å². The second-order valence-corrected chi connectivity index (χ2v) is 5.45. The monoisotopic (exact) mass is 264 g/mol. The standard InChI is InChI=1S/C15H24N2O2/c1-17(11-13-8-14(18)9-13)6-7-19-15-4-2-12(10-16)3-5-15/h2-5,13-14,18H,6-11,16H2,1H3. The van der Waals surface area contributed by atoms with E-state index < -0.39 is 0 Å². The number of ether oxygens (including phenoxy) is 1. The minimum Gasteiger partial charge on any atom is -0.492 e. The Bertz CT molecular complexity index is 374. The van der Waals surface area contributed by atoms with Crippen LogP contribution in [0.3, 0.4) is 0 Å². The smallest absolute Gasteiger partial charge is 0.119 e. The van der Waals surface area contributed by atoms with Crippen molar-refractivity contribution in [2.75, 3.05) is 26.7 Å². The highest BCUT2D eigenvalue weighted by atomic mass is 16.5. The third kappa shape index (κ3) is 4.49. The first-order chi connectivity index (χ1) is 9.17. The summed E-state index contributed by atoms with van der Waals surface area (Å²) in [6.45, 7) is 3.21. The Hall–Kier alpha value is -1.10. The zero-order chi connectivity index (χ0) is 13.7. The van der Waals surface area contributed by atoms with Crippen molar-refractivity contribution in [3.05, 3.63) is 29.8 Å². The van der Waals surface area contributed by atoms with Gasteiger partial charge in [0, 0.05) is 19.6 Å².